The third-order valence-electron chi connectivity index (χ3n) is 5.32. The molecule has 2 amide bonds. The van der Waals surface area contributed by atoms with Gasteiger partial charge in [-0.2, -0.15) is 0 Å². The number of carbonyl (C=O) groups excluding carboxylic acids is 2. The van der Waals surface area contributed by atoms with Crippen LogP contribution in [0.5, 0.6) is 0 Å². The van der Waals surface area contributed by atoms with Crippen LogP contribution in [-0.4, -0.2) is 24.9 Å². The Kier molecular flexibility index (Phi) is 6.32. The Morgan fingerprint density at radius 1 is 1.07 bits per heavy atom. The Labute approximate surface area is 177 Å². The smallest absolute Gasteiger partial charge is 0.266 e. The molecule has 1 aromatic carbocycles. The largest absolute Gasteiger partial charge is 0.372 e. The number of amides is 2. The van der Waals surface area contributed by atoms with Crippen molar-refractivity contribution in [2.75, 3.05) is 28.6 Å². The van der Waals surface area contributed by atoms with E-state index in [0.29, 0.717) is 9.88 Å². The van der Waals surface area contributed by atoms with Gasteiger partial charge in [-0.15, -0.1) is 11.3 Å². The van der Waals surface area contributed by atoms with E-state index in [2.05, 4.69) is 34.6 Å². The lowest BCUT2D eigenvalue weighted by Crippen LogP contribution is -2.32. The molecule has 2 heterocycles. The number of hydrogen-bond donors (Lipinski definition) is 2. The summed E-state index contributed by atoms with van der Waals surface area (Å²) >= 11 is 1.31. The highest BCUT2D eigenvalue weighted by Crippen LogP contribution is 2.30. The molecule has 5 nitrogen and oxygen atoms in total. The van der Waals surface area contributed by atoms with Crippen LogP contribution >= 0.6 is 11.3 Å². The number of thiophene rings is 1. The first kappa shape index (κ1) is 21.4. The molecular formula is C23H31N3O2S. The molecule has 2 N–H and O–H groups in total. The number of benzene rings is 1. The van der Waals surface area contributed by atoms with Gasteiger partial charge < -0.3 is 15.5 Å². The van der Waals surface area contributed by atoms with Gasteiger partial charge in [0, 0.05) is 29.9 Å². The minimum absolute atomic E-state index is 0.0617. The first-order chi connectivity index (χ1) is 13.6. The van der Waals surface area contributed by atoms with Gasteiger partial charge in [-0.25, -0.2) is 0 Å². The Morgan fingerprint density at radius 3 is 2.28 bits per heavy atom. The van der Waals surface area contributed by atoms with Crippen molar-refractivity contribution in [2.24, 2.45) is 11.3 Å². The van der Waals surface area contributed by atoms with Crippen LogP contribution in [0.15, 0.2) is 30.3 Å². The second-order valence-corrected chi connectivity index (χ2v) is 10.0. The standard InChI is InChI=1S/C23H31N3O2S/c1-15-10-12-26(13-11-15)18-8-6-17(7-9-18)24-21(27)20-16(2)14-19(29-20)25-22(28)23(3,4)5/h6-9,14-15H,10-13H2,1-5H3,(H,24,27)(H,25,28). The van der Waals surface area contributed by atoms with Crippen molar-refractivity contribution in [3.8, 4) is 0 Å². The summed E-state index contributed by atoms with van der Waals surface area (Å²) in [5.41, 5.74) is 2.36. The Hall–Kier alpha value is -2.34. The SMILES string of the molecule is Cc1cc(NC(=O)C(C)(C)C)sc1C(=O)Nc1ccc(N2CCC(C)CC2)cc1. The fourth-order valence-electron chi connectivity index (χ4n) is 3.28. The van der Waals surface area contributed by atoms with Gasteiger partial charge in [0.25, 0.3) is 5.91 Å². The average Bonchev–Trinajstić information content (AvgIpc) is 3.02. The summed E-state index contributed by atoms with van der Waals surface area (Å²) in [4.78, 5) is 27.9. The van der Waals surface area contributed by atoms with E-state index in [4.69, 9.17) is 0 Å². The van der Waals surface area contributed by atoms with Gasteiger partial charge in [0.1, 0.15) is 0 Å². The van der Waals surface area contributed by atoms with Crippen molar-refractivity contribution in [3.05, 3.63) is 40.8 Å². The summed E-state index contributed by atoms with van der Waals surface area (Å²) in [6.45, 7) is 12.0. The molecule has 156 valence electrons. The van der Waals surface area contributed by atoms with Crippen LogP contribution in [0.3, 0.4) is 0 Å². The fraction of sp³-hybridized carbons (Fsp3) is 0.478. The summed E-state index contributed by atoms with van der Waals surface area (Å²) in [7, 11) is 0. The highest BCUT2D eigenvalue weighted by molar-refractivity contribution is 7.18. The number of nitrogens with one attached hydrogen (secondary N) is 2. The minimum Gasteiger partial charge on any atom is -0.372 e. The van der Waals surface area contributed by atoms with Crippen LogP contribution in [0.25, 0.3) is 0 Å². The topological polar surface area (TPSA) is 61.4 Å². The van der Waals surface area contributed by atoms with E-state index < -0.39 is 5.41 Å². The van der Waals surface area contributed by atoms with Crippen molar-refractivity contribution in [2.45, 2.75) is 47.5 Å². The summed E-state index contributed by atoms with van der Waals surface area (Å²) in [5, 5.41) is 6.57. The lowest BCUT2D eigenvalue weighted by atomic mass is 9.96. The number of hydrogen-bond acceptors (Lipinski definition) is 4. The van der Waals surface area contributed by atoms with Gasteiger partial charge in [-0.3, -0.25) is 9.59 Å². The molecular weight excluding hydrogens is 382 g/mol. The number of nitrogens with zero attached hydrogens (tertiary/aromatic N) is 1. The molecule has 3 rings (SSSR count). The zero-order valence-electron chi connectivity index (χ0n) is 18.0. The number of aryl methyl sites for hydroxylation is 1. The second kappa shape index (κ2) is 8.57. The highest BCUT2D eigenvalue weighted by atomic mass is 32.1. The molecule has 1 aliphatic rings. The lowest BCUT2D eigenvalue weighted by molar-refractivity contribution is -0.123. The van der Waals surface area contributed by atoms with Gasteiger partial charge in [0.15, 0.2) is 0 Å². The maximum absolute atomic E-state index is 12.7. The zero-order chi connectivity index (χ0) is 21.2. The summed E-state index contributed by atoms with van der Waals surface area (Å²) in [6, 6.07) is 9.90. The molecule has 1 fully saturated rings. The molecule has 1 aromatic heterocycles. The third-order valence-corrected chi connectivity index (χ3v) is 6.47. The molecule has 29 heavy (non-hydrogen) atoms. The molecule has 0 atom stereocenters. The molecule has 0 radical (unpaired) electrons. The maximum Gasteiger partial charge on any atom is 0.266 e. The van der Waals surface area contributed by atoms with E-state index in [1.165, 1.54) is 29.9 Å². The first-order valence-electron chi connectivity index (χ1n) is 10.2. The number of piperidine rings is 1. The van der Waals surface area contributed by atoms with Gasteiger partial charge in [0.05, 0.1) is 9.88 Å². The van der Waals surface area contributed by atoms with Gasteiger partial charge in [-0.05, 0) is 61.6 Å². The average molecular weight is 414 g/mol. The summed E-state index contributed by atoms with van der Waals surface area (Å²) in [6.07, 6.45) is 2.45. The van der Waals surface area contributed by atoms with Crippen LogP contribution in [0.2, 0.25) is 0 Å². The van der Waals surface area contributed by atoms with E-state index in [1.807, 2.05) is 45.9 Å². The van der Waals surface area contributed by atoms with Crippen LogP contribution in [0.4, 0.5) is 16.4 Å². The van der Waals surface area contributed by atoms with Gasteiger partial charge >= 0.3 is 0 Å². The molecule has 0 aliphatic carbocycles. The monoisotopic (exact) mass is 413 g/mol. The normalized spacial score (nSPS) is 15.3. The number of carbonyl (C=O) groups is 2. The van der Waals surface area contributed by atoms with Gasteiger partial charge in [0.2, 0.25) is 5.91 Å². The Bertz CT molecular complexity index is 873. The van der Waals surface area contributed by atoms with E-state index in [0.717, 1.165) is 30.3 Å². The molecule has 0 unspecified atom stereocenters. The van der Waals surface area contributed by atoms with E-state index >= 15 is 0 Å². The predicted octanol–water partition coefficient (Wildman–Crippen LogP) is 5.53. The quantitative estimate of drug-likeness (QED) is 0.693. The fourth-order valence-corrected chi connectivity index (χ4v) is 4.24. The Morgan fingerprint density at radius 2 is 1.69 bits per heavy atom. The zero-order valence-corrected chi connectivity index (χ0v) is 18.8. The molecule has 1 saturated heterocycles. The number of rotatable bonds is 4. The number of anilines is 3. The Balaban J connectivity index is 1.63. The minimum atomic E-state index is -0.478. The van der Waals surface area contributed by atoms with E-state index in [9.17, 15) is 9.59 Å². The van der Waals surface area contributed by atoms with Crippen molar-refractivity contribution in [1.82, 2.24) is 0 Å². The summed E-state index contributed by atoms with van der Waals surface area (Å²) < 4.78 is 0. The lowest BCUT2D eigenvalue weighted by Gasteiger charge is -2.32. The molecule has 2 aromatic rings. The van der Waals surface area contributed by atoms with E-state index in [-0.39, 0.29) is 11.8 Å². The van der Waals surface area contributed by atoms with Gasteiger partial charge in [-0.1, -0.05) is 27.7 Å². The third kappa shape index (κ3) is 5.38. The van der Waals surface area contributed by atoms with Crippen LogP contribution in [-0.2, 0) is 4.79 Å². The van der Waals surface area contributed by atoms with Crippen molar-refractivity contribution in [1.29, 1.82) is 0 Å². The highest BCUT2D eigenvalue weighted by Gasteiger charge is 2.23. The first-order valence-corrected chi connectivity index (χ1v) is 11.0. The molecule has 0 saturated carbocycles. The van der Waals surface area contributed by atoms with Crippen molar-refractivity contribution in [3.63, 3.8) is 0 Å². The van der Waals surface area contributed by atoms with Crippen molar-refractivity contribution >= 4 is 39.5 Å². The van der Waals surface area contributed by atoms with Crippen molar-refractivity contribution < 1.29 is 9.59 Å². The maximum atomic E-state index is 12.7. The molecule has 0 bridgehead atoms. The molecule has 6 heteroatoms. The summed E-state index contributed by atoms with van der Waals surface area (Å²) in [5.74, 6) is 0.591. The molecule has 1 aliphatic heterocycles. The second-order valence-electron chi connectivity index (χ2n) is 9.00. The van der Waals surface area contributed by atoms with Crippen LogP contribution < -0.4 is 15.5 Å². The van der Waals surface area contributed by atoms with Crippen LogP contribution in [0, 0.1) is 18.3 Å². The molecule has 0 spiro atoms. The van der Waals surface area contributed by atoms with E-state index in [1.54, 1.807) is 0 Å². The van der Waals surface area contributed by atoms with Crippen LogP contribution in [0.1, 0.15) is 55.8 Å². The predicted molar refractivity (Wildman–Crippen MR) is 122 cm³/mol.